The maximum atomic E-state index is 11.6. The van der Waals surface area contributed by atoms with E-state index in [2.05, 4.69) is 21.2 Å². The number of nitrogens with zero attached hydrogens (tertiary/aromatic N) is 1. The van der Waals surface area contributed by atoms with Gasteiger partial charge in [-0.1, -0.05) is 27.5 Å². The number of imide groups is 2. The fourth-order valence-electron chi connectivity index (χ4n) is 1.45. The number of rotatable bonds is 1. The van der Waals surface area contributed by atoms with Crippen LogP contribution < -0.4 is 10.2 Å². The van der Waals surface area contributed by atoms with Gasteiger partial charge in [0.2, 0.25) is 11.8 Å². The summed E-state index contributed by atoms with van der Waals surface area (Å²) in [6.07, 6.45) is -0.366. The van der Waals surface area contributed by atoms with Crippen molar-refractivity contribution in [1.82, 2.24) is 5.32 Å². The van der Waals surface area contributed by atoms with Gasteiger partial charge in [-0.05, 0) is 18.2 Å². The Morgan fingerprint density at radius 2 is 2.00 bits per heavy atom. The highest BCUT2D eigenvalue weighted by Gasteiger charge is 2.33. The average molecular weight is 318 g/mol. The minimum Gasteiger partial charge on any atom is -0.277 e. The summed E-state index contributed by atoms with van der Waals surface area (Å²) in [4.78, 5) is 35.1. The third kappa shape index (κ3) is 2.32. The van der Waals surface area contributed by atoms with Gasteiger partial charge in [0.1, 0.15) is 6.42 Å². The van der Waals surface area contributed by atoms with E-state index in [0.29, 0.717) is 4.47 Å². The van der Waals surface area contributed by atoms with Gasteiger partial charge in [-0.15, -0.1) is 0 Å². The van der Waals surface area contributed by atoms with Gasteiger partial charge in [-0.25, -0.2) is 9.69 Å². The smallest absolute Gasteiger partial charge is 0.277 e. The lowest BCUT2D eigenvalue weighted by Crippen LogP contribution is -2.53. The first-order valence-electron chi connectivity index (χ1n) is 4.61. The number of carbonyl (C=O) groups is 3. The molecule has 1 aromatic rings. The van der Waals surface area contributed by atoms with Crippen molar-refractivity contribution in [2.24, 2.45) is 0 Å². The summed E-state index contributed by atoms with van der Waals surface area (Å²) >= 11 is 9.14. The summed E-state index contributed by atoms with van der Waals surface area (Å²) < 4.78 is 0.675. The molecular weight excluding hydrogens is 311 g/mol. The Labute approximate surface area is 110 Å². The van der Waals surface area contributed by atoms with Crippen LogP contribution in [-0.2, 0) is 9.59 Å². The molecule has 0 atom stereocenters. The number of halogens is 2. The number of anilines is 1. The average Bonchev–Trinajstić information content (AvgIpc) is 2.21. The first-order chi connectivity index (χ1) is 7.99. The number of carbonyl (C=O) groups excluding carboxylic acids is 3. The second kappa shape index (κ2) is 4.46. The zero-order valence-corrected chi connectivity index (χ0v) is 10.7. The topological polar surface area (TPSA) is 66.5 Å². The molecule has 88 valence electrons. The minimum absolute atomic E-state index is 0.246. The summed E-state index contributed by atoms with van der Waals surface area (Å²) in [5.74, 6) is -1.21. The molecule has 4 amide bonds. The van der Waals surface area contributed by atoms with Crippen LogP contribution in [0.1, 0.15) is 6.42 Å². The minimum atomic E-state index is -0.786. The highest BCUT2D eigenvalue weighted by Crippen LogP contribution is 2.30. The van der Waals surface area contributed by atoms with Crippen molar-refractivity contribution in [3.63, 3.8) is 0 Å². The molecule has 0 aromatic heterocycles. The second-order valence-electron chi connectivity index (χ2n) is 3.35. The predicted molar refractivity (Wildman–Crippen MR) is 64.8 cm³/mol. The largest absolute Gasteiger partial charge is 0.335 e. The summed E-state index contributed by atoms with van der Waals surface area (Å²) in [5, 5.41) is 2.31. The lowest BCUT2D eigenvalue weighted by Gasteiger charge is -2.25. The molecule has 1 aliphatic heterocycles. The highest BCUT2D eigenvalue weighted by molar-refractivity contribution is 9.10. The lowest BCUT2D eigenvalue weighted by molar-refractivity contribution is -0.128. The molecule has 1 N–H and O–H groups in total. The molecule has 1 fully saturated rings. The standard InChI is InChI=1S/C10H6BrClN2O3/c11-5-1-2-6(12)7(3-5)14-9(16)4-8(15)13-10(14)17/h1-3H,4H2,(H,13,15,17). The Kier molecular flexibility index (Phi) is 3.17. The van der Waals surface area contributed by atoms with Gasteiger partial charge in [-0.2, -0.15) is 0 Å². The van der Waals surface area contributed by atoms with Crippen LogP contribution in [0.15, 0.2) is 22.7 Å². The van der Waals surface area contributed by atoms with Gasteiger partial charge >= 0.3 is 6.03 Å². The van der Waals surface area contributed by atoms with E-state index in [9.17, 15) is 14.4 Å². The predicted octanol–water partition coefficient (Wildman–Crippen LogP) is 2.08. The van der Waals surface area contributed by atoms with E-state index < -0.39 is 17.8 Å². The van der Waals surface area contributed by atoms with Crippen molar-refractivity contribution in [3.05, 3.63) is 27.7 Å². The summed E-state index contributed by atoms with van der Waals surface area (Å²) in [7, 11) is 0. The van der Waals surface area contributed by atoms with Gasteiger partial charge in [0.15, 0.2) is 0 Å². The maximum Gasteiger partial charge on any atom is 0.335 e. The first-order valence-corrected chi connectivity index (χ1v) is 5.78. The monoisotopic (exact) mass is 316 g/mol. The molecule has 0 spiro atoms. The zero-order valence-electron chi connectivity index (χ0n) is 8.37. The molecule has 0 saturated carbocycles. The molecule has 0 radical (unpaired) electrons. The quantitative estimate of drug-likeness (QED) is 0.806. The van der Waals surface area contributed by atoms with E-state index in [1.54, 1.807) is 12.1 Å². The third-order valence-electron chi connectivity index (χ3n) is 2.16. The van der Waals surface area contributed by atoms with E-state index in [-0.39, 0.29) is 17.1 Å². The normalized spacial score (nSPS) is 16.1. The van der Waals surface area contributed by atoms with E-state index in [1.807, 2.05) is 0 Å². The number of amides is 4. The summed E-state index contributed by atoms with van der Waals surface area (Å²) in [6.45, 7) is 0. The molecule has 2 rings (SSSR count). The van der Waals surface area contributed by atoms with E-state index >= 15 is 0 Å². The number of barbiturate groups is 1. The Hall–Kier alpha value is -1.40. The molecule has 5 nitrogen and oxygen atoms in total. The molecule has 0 unspecified atom stereocenters. The number of urea groups is 1. The fourth-order valence-corrected chi connectivity index (χ4v) is 2.00. The molecule has 1 saturated heterocycles. The summed E-state index contributed by atoms with van der Waals surface area (Å²) in [5.41, 5.74) is 0.246. The SMILES string of the molecule is O=C1CC(=O)N(c2cc(Br)ccc2Cl)C(=O)N1. The van der Waals surface area contributed by atoms with Crippen molar-refractivity contribution in [2.75, 3.05) is 4.90 Å². The number of nitrogens with one attached hydrogen (secondary N) is 1. The number of hydrogen-bond acceptors (Lipinski definition) is 3. The van der Waals surface area contributed by atoms with Crippen molar-refractivity contribution in [1.29, 1.82) is 0 Å². The summed E-state index contributed by atoms with van der Waals surface area (Å²) in [6, 6.07) is 3.99. The molecular formula is C10H6BrClN2O3. The van der Waals surface area contributed by atoms with Crippen LogP contribution in [0.25, 0.3) is 0 Å². The third-order valence-corrected chi connectivity index (χ3v) is 2.97. The van der Waals surface area contributed by atoms with Crippen LogP contribution >= 0.6 is 27.5 Å². The Balaban J connectivity index is 2.45. The molecule has 1 aliphatic rings. The molecule has 0 bridgehead atoms. The Morgan fingerprint density at radius 3 is 2.65 bits per heavy atom. The Bertz CT molecular complexity index is 512. The van der Waals surface area contributed by atoms with E-state index in [1.165, 1.54) is 6.07 Å². The molecule has 0 aliphatic carbocycles. The van der Waals surface area contributed by atoms with Gasteiger partial charge in [0.25, 0.3) is 0 Å². The molecule has 1 heterocycles. The number of benzene rings is 1. The van der Waals surface area contributed by atoms with Gasteiger partial charge in [-0.3, -0.25) is 14.9 Å². The second-order valence-corrected chi connectivity index (χ2v) is 4.68. The lowest BCUT2D eigenvalue weighted by atomic mass is 10.2. The van der Waals surface area contributed by atoms with Crippen molar-refractivity contribution in [2.45, 2.75) is 6.42 Å². The molecule has 7 heteroatoms. The fraction of sp³-hybridized carbons (Fsp3) is 0.100. The van der Waals surface area contributed by atoms with Crippen molar-refractivity contribution < 1.29 is 14.4 Å². The van der Waals surface area contributed by atoms with Crippen LogP contribution in [-0.4, -0.2) is 17.8 Å². The van der Waals surface area contributed by atoms with Gasteiger partial charge in [0.05, 0.1) is 10.7 Å². The number of hydrogen-bond donors (Lipinski definition) is 1. The van der Waals surface area contributed by atoms with Gasteiger partial charge < -0.3 is 0 Å². The van der Waals surface area contributed by atoms with Crippen molar-refractivity contribution in [3.8, 4) is 0 Å². The van der Waals surface area contributed by atoms with Crippen LogP contribution in [0.3, 0.4) is 0 Å². The molecule has 1 aromatic carbocycles. The first kappa shape index (κ1) is 12.1. The maximum absolute atomic E-state index is 11.6. The van der Waals surface area contributed by atoms with Crippen LogP contribution in [0.2, 0.25) is 5.02 Å². The van der Waals surface area contributed by atoms with E-state index in [0.717, 1.165) is 4.90 Å². The van der Waals surface area contributed by atoms with Crippen molar-refractivity contribution >= 4 is 51.1 Å². The Morgan fingerprint density at radius 1 is 1.29 bits per heavy atom. The highest BCUT2D eigenvalue weighted by atomic mass is 79.9. The van der Waals surface area contributed by atoms with Crippen LogP contribution in [0.4, 0.5) is 10.5 Å². The van der Waals surface area contributed by atoms with Gasteiger partial charge in [0, 0.05) is 4.47 Å². The van der Waals surface area contributed by atoms with Crippen LogP contribution in [0, 0.1) is 0 Å². The zero-order chi connectivity index (χ0) is 12.6. The van der Waals surface area contributed by atoms with E-state index in [4.69, 9.17) is 11.6 Å². The molecule has 17 heavy (non-hydrogen) atoms. The van der Waals surface area contributed by atoms with Crippen LogP contribution in [0.5, 0.6) is 0 Å².